The van der Waals surface area contributed by atoms with Crippen LogP contribution in [-0.4, -0.2) is 46.2 Å². The van der Waals surface area contributed by atoms with Crippen LogP contribution in [0.2, 0.25) is 0 Å². The third kappa shape index (κ3) is 3.12. The summed E-state index contributed by atoms with van der Waals surface area (Å²) in [6.45, 7) is 4.53. The predicted molar refractivity (Wildman–Crippen MR) is 119 cm³/mol. The van der Waals surface area contributed by atoms with Gasteiger partial charge in [0.2, 0.25) is 0 Å². The molecule has 2 aromatic rings. The van der Waals surface area contributed by atoms with Gasteiger partial charge < -0.3 is 14.5 Å². The molecule has 5 atom stereocenters. The van der Waals surface area contributed by atoms with Gasteiger partial charge in [0, 0.05) is 24.2 Å². The third-order valence-corrected chi connectivity index (χ3v) is 7.31. The Morgan fingerprint density at radius 3 is 2.53 bits per heavy atom. The predicted octanol–water partition coefficient (Wildman–Crippen LogP) is 4.21. The number of hydrogen-bond donors (Lipinski definition) is 0. The average molecular weight is 433 g/mol. The first-order chi connectivity index (χ1) is 15.5. The molecular formula is C26H28N2O4. The number of likely N-dealkylation sites (tertiary alicyclic amines) is 1. The fraction of sp³-hybridized carbons (Fsp3) is 0.423. The first kappa shape index (κ1) is 20.7. The van der Waals surface area contributed by atoms with E-state index in [4.69, 9.17) is 4.74 Å². The molecule has 6 nitrogen and oxygen atoms in total. The van der Waals surface area contributed by atoms with Crippen molar-refractivity contribution in [3.8, 4) is 0 Å². The lowest BCUT2D eigenvalue weighted by atomic mass is 9.69. The van der Waals surface area contributed by atoms with Crippen LogP contribution in [0, 0.1) is 11.8 Å². The normalized spacial score (nSPS) is 28.4. The van der Waals surface area contributed by atoms with Crippen molar-refractivity contribution >= 4 is 17.8 Å². The van der Waals surface area contributed by atoms with E-state index in [0.717, 1.165) is 17.5 Å². The lowest BCUT2D eigenvalue weighted by Crippen LogP contribution is -2.67. The quantitative estimate of drug-likeness (QED) is 0.726. The molecule has 2 amide bonds. The van der Waals surface area contributed by atoms with Gasteiger partial charge >= 0.3 is 6.09 Å². The van der Waals surface area contributed by atoms with E-state index in [0.29, 0.717) is 18.5 Å². The Kier molecular flexibility index (Phi) is 5.24. The molecule has 0 N–H and O–H groups in total. The zero-order valence-corrected chi connectivity index (χ0v) is 18.4. The number of benzene rings is 2. The molecular weight excluding hydrogens is 404 g/mol. The molecule has 3 aliphatic rings. The minimum atomic E-state index is -0.446. The second-order valence-corrected chi connectivity index (χ2v) is 9.07. The summed E-state index contributed by atoms with van der Waals surface area (Å²) < 4.78 is 5.71. The largest absolute Gasteiger partial charge is 0.445 e. The van der Waals surface area contributed by atoms with E-state index in [2.05, 4.69) is 6.92 Å². The summed E-state index contributed by atoms with van der Waals surface area (Å²) >= 11 is 0. The summed E-state index contributed by atoms with van der Waals surface area (Å²) in [6, 6.07) is 16.2. The maximum Gasteiger partial charge on any atom is 0.410 e. The molecule has 5 rings (SSSR count). The second-order valence-electron chi connectivity index (χ2n) is 9.07. The highest BCUT2D eigenvalue weighted by Gasteiger charge is 2.59. The Labute approximate surface area is 188 Å². The van der Waals surface area contributed by atoms with Gasteiger partial charge in [-0.2, -0.15) is 0 Å². The Morgan fingerprint density at radius 1 is 1.06 bits per heavy atom. The van der Waals surface area contributed by atoms with Gasteiger partial charge in [-0.05, 0) is 30.5 Å². The Hall–Kier alpha value is -3.15. The van der Waals surface area contributed by atoms with Crippen molar-refractivity contribution in [1.29, 1.82) is 0 Å². The lowest BCUT2D eigenvalue weighted by molar-refractivity contribution is -0.148. The van der Waals surface area contributed by atoms with Crippen molar-refractivity contribution < 1.29 is 19.1 Å². The molecule has 2 aromatic carbocycles. The highest BCUT2D eigenvalue weighted by Crippen LogP contribution is 2.50. The Balaban J connectivity index is 1.47. The number of rotatable bonds is 4. The average Bonchev–Trinajstić information content (AvgIpc) is 3.08. The van der Waals surface area contributed by atoms with E-state index in [1.165, 1.54) is 0 Å². The van der Waals surface area contributed by atoms with E-state index < -0.39 is 5.92 Å². The minimum Gasteiger partial charge on any atom is -0.445 e. The van der Waals surface area contributed by atoms with Crippen molar-refractivity contribution in [3.63, 3.8) is 0 Å². The number of carbonyl (C=O) groups is 3. The van der Waals surface area contributed by atoms with Crippen LogP contribution in [0.5, 0.6) is 0 Å². The van der Waals surface area contributed by atoms with Crippen LogP contribution in [0.4, 0.5) is 4.79 Å². The number of carbonyl (C=O) groups excluding carboxylic acids is 3. The van der Waals surface area contributed by atoms with Gasteiger partial charge in [-0.25, -0.2) is 4.79 Å². The summed E-state index contributed by atoms with van der Waals surface area (Å²) in [5.74, 6) is -0.655. The van der Waals surface area contributed by atoms with Gasteiger partial charge in [0.25, 0.3) is 5.91 Å². The molecule has 2 bridgehead atoms. The standard InChI is InChI=1S/C26H28N2O4/c1-3-9-21-20-14-27-23(18-12-7-8-13-19(18)25(27)30)22(24(20)29)16(2)28(21)26(31)32-15-17-10-5-4-6-11-17/h4-8,10-13,16,20-23H,3,9,14-15H2,1-2H3/t16-,20-,21+,22-,23+/m1/s1. The molecule has 0 aliphatic carbocycles. The monoisotopic (exact) mass is 432 g/mol. The maximum atomic E-state index is 13.6. The summed E-state index contributed by atoms with van der Waals surface area (Å²) in [5.41, 5.74) is 2.50. The van der Waals surface area contributed by atoms with Gasteiger partial charge in [0.05, 0.1) is 17.9 Å². The summed E-state index contributed by atoms with van der Waals surface area (Å²) in [7, 11) is 0. The Bertz CT molecular complexity index is 1050. The van der Waals surface area contributed by atoms with Crippen LogP contribution < -0.4 is 0 Å². The fourth-order valence-corrected chi connectivity index (χ4v) is 5.90. The molecule has 3 heterocycles. The number of fused-ring (bicyclic) bond motifs is 6. The van der Waals surface area contributed by atoms with Crippen molar-refractivity contribution in [1.82, 2.24) is 9.80 Å². The summed E-state index contributed by atoms with van der Waals surface area (Å²) in [5, 5.41) is 0. The van der Waals surface area contributed by atoms with Crippen LogP contribution >= 0.6 is 0 Å². The van der Waals surface area contributed by atoms with Gasteiger partial charge in [-0.3, -0.25) is 9.59 Å². The molecule has 6 heteroatoms. The summed E-state index contributed by atoms with van der Waals surface area (Å²) in [4.78, 5) is 43.7. The van der Waals surface area contributed by atoms with Crippen molar-refractivity contribution in [2.45, 2.75) is 51.4 Å². The highest BCUT2D eigenvalue weighted by molar-refractivity contribution is 6.02. The van der Waals surface area contributed by atoms with E-state index in [1.807, 2.05) is 66.4 Å². The molecule has 166 valence electrons. The summed E-state index contributed by atoms with van der Waals surface area (Å²) in [6.07, 6.45) is 1.16. The molecule has 0 spiro atoms. The molecule has 2 fully saturated rings. The van der Waals surface area contributed by atoms with Crippen LogP contribution in [0.15, 0.2) is 54.6 Å². The fourth-order valence-electron chi connectivity index (χ4n) is 5.90. The van der Waals surface area contributed by atoms with Crippen LogP contribution in [0.25, 0.3) is 0 Å². The lowest BCUT2D eigenvalue weighted by Gasteiger charge is -2.54. The van der Waals surface area contributed by atoms with E-state index >= 15 is 0 Å². The zero-order valence-electron chi connectivity index (χ0n) is 18.4. The van der Waals surface area contributed by atoms with Gasteiger partial charge in [0.1, 0.15) is 12.4 Å². The topological polar surface area (TPSA) is 66.9 Å². The van der Waals surface area contributed by atoms with Crippen molar-refractivity contribution in [3.05, 3.63) is 71.3 Å². The van der Waals surface area contributed by atoms with Crippen LogP contribution in [0.1, 0.15) is 54.2 Å². The third-order valence-electron chi connectivity index (χ3n) is 7.31. The molecule has 2 saturated heterocycles. The number of amides is 2. The molecule has 0 radical (unpaired) electrons. The zero-order chi connectivity index (χ0) is 22.4. The minimum absolute atomic E-state index is 0.00403. The first-order valence-electron chi connectivity index (χ1n) is 11.5. The number of piperidine rings is 2. The second kappa shape index (κ2) is 8.08. The van der Waals surface area contributed by atoms with Gasteiger partial charge in [0.15, 0.2) is 0 Å². The number of Topliss-reactive ketones (excluding diaryl/α,β-unsaturated/α-hetero) is 1. The SMILES string of the molecule is CCC[C@H]1[C@H]2CN3C(=O)c4ccccc4[C@H]3[C@H](C2=O)[C@@H](C)N1C(=O)OCc1ccccc1. The number of ether oxygens (including phenoxy) is 1. The number of nitrogens with zero attached hydrogens (tertiary/aromatic N) is 2. The van der Waals surface area contributed by atoms with Crippen molar-refractivity contribution in [2.24, 2.45) is 11.8 Å². The first-order valence-corrected chi connectivity index (χ1v) is 11.5. The highest BCUT2D eigenvalue weighted by atomic mass is 16.6. The van der Waals surface area contributed by atoms with Gasteiger partial charge in [-0.1, -0.05) is 61.9 Å². The van der Waals surface area contributed by atoms with E-state index in [-0.39, 0.29) is 48.4 Å². The molecule has 32 heavy (non-hydrogen) atoms. The van der Waals surface area contributed by atoms with E-state index in [1.54, 1.807) is 4.90 Å². The molecule has 3 aliphatic heterocycles. The molecule has 0 aromatic heterocycles. The van der Waals surface area contributed by atoms with Crippen molar-refractivity contribution in [2.75, 3.05) is 6.54 Å². The number of hydrogen-bond acceptors (Lipinski definition) is 4. The number of ketones is 1. The maximum absolute atomic E-state index is 13.6. The molecule has 0 unspecified atom stereocenters. The van der Waals surface area contributed by atoms with Crippen LogP contribution in [-0.2, 0) is 16.1 Å². The van der Waals surface area contributed by atoms with Crippen LogP contribution in [0.3, 0.4) is 0 Å². The molecule has 0 saturated carbocycles. The van der Waals surface area contributed by atoms with Gasteiger partial charge in [-0.15, -0.1) is 0 Å². The Morgan fingerprint density at radius 2 is 1.78 bits per heavy atom. The smallest absolute Gasteiger partial charge is 0.410 e. The van der Waals surface area contributed by atoms with E-state index in [9.17, 15) is 14.4 Å².